The fourth-order valence-electron chi connectivity index (χ4n) is 3.51. The molecule has 0 radical (unpaired) electrons. The van der Waals surface area contributed by atoms with Crippen LogP contribution in [0.4, 0.5) is 0 Å². The van der Waals surface area contributed by atoms with E-state index >= 15 is 0 Å². The average Bonchev–Trinajstić information content (AvgIpc) is 2.93. The fourth-order valence-corrected chi connectivity index (χ4v) is 4.44. The van der Waals surface area contributed by atoms with Crippen molar-refractivity contribution in [2.45, 2.75) is 76.4 Å². The molecule has 4 nitrogen and oxygen atoms in total. The van der Waals surface area contributed by atoms with Gasteiger partial charge in [0.2, 0.25) is 0 Å². The van der Waals surface area contributed by atoms with E-state index in [0.717, 1.165) is 32.1 Å². The molecular formula is C17H31NO3S. The summed E-state index contributed by atoms with van der Waals surface area (Å²) in [5, 5.41) is 0. The van der Waals surface area contributed by atoms with Gasteiger partial charge in [-0.2, -0.15) is 0 Å². The second-order valence-electron chi connectivity index (χ2n) is 7.54. The lowest BCUT2D eigenvalue weighted by molar-refractivity contribution is -0.193. The fraction of sp³-hybridized carbons (Fsp3) is 0.882. The van der Waals surface area contributed by atoms with E-state index in [1.807, 2.05) is 26.8 Å². The van der Waals surface area contributed by atoms with Crippen LogP contribution in [0.5, 0.6) is 0 Å². The van der Waals surface area contributed by atoms with Gasteiger partial charge < -0.3 is 14.0 Å². The van der Waals surface area contributed by atoms with Crippen LogP contribution in [0, 0.1) is 5.41 Å². The third kappa shape index (κ3) is 3.70. The molecule has 2 atom stereocenters. The van der Waals surface area contributed by atoms with E-state index in [0.29, 0.717) is 13.2 Å². The summed E-state index contributed by atoms with van der Waals surface area (Å²) < 4.78 is 27.2. The third-order valence-corrected chi connectivity index (χ3v) is 6.79. The van der Waals surface area contributed by atoms with Gasteiger partial charge in [0.05, 0.1) is 19.3 Å². The van der Waals surface area contributed by atoms with Crippen LogP contribution in [0.1, 0.15) is 59.8 Å². The van der Waals surface area contributed by atoms with E-state index in [9.17, 15) is 4.55 Å². The summed E-state index contributed by atoms with van der Waals surface area (Å²) in [6, 6.07) is 0.0521. The van der Waals surface area contributed by atoms with Gasteiger partial charge in [0, 0.05) is 24.2 Å². The van der Waals surface area contributed by atoms with Crippen molar-refractivity contribution >= 4 is 11.4 Å². The lowest BCUT2D eigenvalue weighted by Gasteiger charge is -2.47. The Bertz CT molecular complexity index is 378. The van der Waals surface area contributed by atoms with Crippen LogP contribution < -0.4 is 4.72 Å². The summed E-state index contributed by atoms with van der Waals surface area (Å²) in [7, 11) is 0. The number of rotatable bonds is 5. The van der Waals surface area contributed by atoms with E-state index in [1.165, 1.54) is 0 Å². The zero-order chi connectivity index (χ0) is 16.4. The number of hydrogen-bond acceptors (Lipinski definition) is 4. The lowest BCUT2D eigenvalue weighted by Crippen LogP contribution is -2.53. The maximum atomic E-state index is 12.5. The highest BCUT2D eigenvalue weighted by Gasteiger charge is 2.49. The van der Waals surface area contributed by atoms with Crippen molar-refractivity contribution in [3.8, 4) is 0 Å². The van der Waals surface area contributed by atoms with Gasteiger partial charge in [0.1, 0.15) is 4.75 Å². The van der Waals surface area contributed by atoms with Gasteiger partial charge in [-0.1, -0.05) is 13.0 Å². The molecule has 128 valence electrons. The molecule has 2 aliphatic rings. The molecule has 22 heavy (non-hydrogen) atoms. The molecule has 0 aromatic carbocycles. The molecule has 2 unspecified atom stereocenters. The molecule has 2 fully saturated rings. The second-order valence-corrected chi connectivity index (χ2v) is 9.53. The summed E-state index contributed by atoms with van der Waals surface area (Å²) in [6.45, 7) is 13.6. The van der Waals surface area contributed by atoms with Crippen molar-refractivity contribution in [2.75, 3.05) is 13.2 Å². The Hall–Kier alpha value is -0.0700. The third-order valence-electron chi connectivity index (χ3n) is 5.21. The Balaban J connectivity index is 2.07. The average molecular weight is 330 g/mol. The molecule has 1 spiro atoms. The van der Waals surface area contributed by atoms with E-state index in [4.69, 9.17) is 9.47 Å². The Morgan fingerprint density at radius 2 is 1.77 bits per heavy atom. The van der Waals surface area contributed by atoms with Gasteiger partial charge in [0.15, 0.2) is 5.79 Å². The zero-order valence-corrected chi connectivity index (χ0v) is 15.3. The molecule has 1 aliphatic heterocycles. The second kappa shape index (κ2) is 6.81. The molecule has 5 heteroatoms. The summed E-state index contributed by atoms with van der Waals surface area (Å²) >= 11 is -1.09. The minimum Gasteiger partial charge on any atom is -0.598 e. The predicted octanol–water partition coefficient (Wildman–Crippen LogP) is 3.31. The summed E-state index contributed by atoms with van der Waals surface area (Å²) in [4.78, 5) is 0. The van der Waals surface area contributed by atoms with E-state index in [1.54, 1.807) is 0 Å². The van der Waals surface area contributed by atoms with Crippen molar-refractivity contribution in [1.29, 1.82) is 0 Å². The zero-order valence-electron chi connectivity index (χ0n) is 14.4. The molecule has 1 N–H and O–H groups in total. The first-order chi connectivity index (χ1) is 10.3. The Labute approximate surface area is 138 Å². The molecule has 0 amide bonds. The van der Waals surface area contributed by atoms with Gasteiger partial charge in [-0.15, -0.1) is 11.3 Å². The molecule has 0 bridgehead atoms. The van der Waals surface area contributed by atoms with Crippen LogP contribution in [0.25, 0.3) is 0 Å². The minimum absolute atomic E-state index is 0.0521. The number of ether oxygens (including phenoxy) is 2. The van der Waals surface area contributed by atoms with Crippen LogP contribution in [-0.2, 0) is 20.8 Å². The number of hydrogen-bond donors (Lipinski definition) is 1. The monoisotopic (exact) mass is 329 g/mol. The summed E-state index contributed by atoms with van der Waals surface area (Å²) in [6.07, 6.45) is 6.81. The standard InChI is InChI=1S/C17H31NO3S/c1-6-14(18-22(19)15(3,4)5)16(7-2)8-10-17(11-9-16)20-12-13-21-17/h6,14,18H,1,7-13H2,2-5H3. The molecule has 0 aromatic rings. The molecular weight excluding hydrogens is 298 g/mol. The van der Waals surface area contributed by atoms with Gasteiger partial charge in [-0.05, 0) is 45.4 Å². The van der Waals surface area contributed by atoms with Gasteiger partial charge in [-0.3, -0.25) is 0 Å². The van der Waals surface area contributed by atoms with Crippen molar-refractivity contribution in [2.24, 2.45) is 5.41 Å². The van der Waals surface area contributed by atoms with Crippen LogP contribution >= 0.6 is 0 Å². The molecule has 1 saturated carbocycles. The van der Waals surface area contributed by atoms with Crippen molar-refractivity contribution in [3.05, 3.63) is 12.7 Å². The smallest absolute Gasteiger partial charge is 0.168 e. The highest BCUT2D eigenvalue weighted by Crippen LogP contribution is 2.48. The summed E-state index contributed by atoms with van der Waals surface area (Å²) in [5.41, 5.74) is 0.0865. The topological polar surface area (TPSA) is 53.5 Å². The van der Waals surface area contributed by atoms with Gasteiger partial charge in [-0.25, -0.2) is 0 Å². The molecule has 1 aliphatic carbocycles. The number of nitrogens with one attached hydrogen (secondary N) is 1. The van der Waals surface area contributed by atoms with Crippen molar-refractivity contribution < 1.29 is 14.0 Å². The highest BCUT2D eigenvalue weighted by atomic mass is 32.2. The lowest BCUT2D eigenvalue weighted by atomic mass is 9.66. The van der Waals surface area contributed by atoms with E-state index in [-0.39, 0.29) is 22.0 Å². The van der Waals surface area contributed by atoms with Crippen molar-refractivity contribution in [1.82, 2.24) is 4.72 Å². The first-order valence-electron chi connectivity index (χ1n) is 8.35. The first-order valence-corrected chi connectivity index (χ1v) is 9.50. The van der Waals surface area contributed by atoms with Crippen molar-refractivity contribution in [3.63, 3.8) is 0 Å². The minimum atomic E-state index is -1.09. The maximum absolute atomic E-state index is 12.5. The van der Waals surface area contributed by atoms with E-state index < -0.39 is 11.4 Å². The summed E-state index contributed by atoms with van der Waals surface area (Å²) in [5.74, 6) is -0.354. The highest BCUT2D eigenvalue weighted by molar-refractivity contribution is 7.90. The SMILES string of the molecule is C=CC(N[S+]([O-])C(C)(C)C)C1(CC)CCC2(CC1)OCCO2. The largest absolute Gasteiger partial charge is 0.598 e. The maximum Gasteiger partial charge on any atom is 0.168 e. The van der Waals surface area contributed by atoms with Crippen LogP contribution in [0.3, 0.4) is 0 Å². The quantitative estimate of drug-likeness (QED) is 0.621. The van der Waals surface area contributed by atoms with Crippen LogP contribution in [0.15, 0.2) is 12.7 Å². The Kier molecular flexibility index (Phi) is 5.66. The van der Waals surface area contributed by atoms with Gasteiger partial charge in [0.25, 0.3) is 0 Å². The molecule has 1 saturated heterocycles. The normalized spacial score (nSPS) is 26.8. The molecule has 1 heterocycles. The predicted molar refractivity (Wildman–Crippen MR) is 90.8 cm³/mol. The molecule has 2 rings (SSSR count). The van der Waals surface area contributed by atoms with Crippen LogP contribution in [-0.4, -0.2) is 34.3 Å². The van der Waals surface area contributed by atoms with E-state index in [2.05, 4.69) is 18.2 Å². The van der Waals surface area contributed by atoms with Crippen LogP contribution in [0.2, 0.25) is 0 Å². The Morgan fingerprint density at radius 3 is 2.18 bits per heavy atom. The Morgan fingerprint density at radius 1 is 1.23 bits per heavy atom. The molecule has 0 aromatic heterocycles. The van der Waals surface area contributed by atoms with Gasteiger partial charge >= 0.3 is 0 Å². The first kappa shape index (κ1) is 18.3.